The van der Waals surface area contributed by atoms with Crippen LogP contribution < -0.4 is 5.32 Å². The van der Waals surface area contributed by atoms with E-state index in [1.165, 1.54) is 0 Å². The molecule has 4 nitrogen and oxygen atoms in total. The highest BCUT2D eigenvalue weighted by atomic mass is 16.4. The maximum atomic E-state index is 13.0. The van der Waals surface area contributed by atoms with Gasteiger partial charge in [-0.1, -0.05) is 30.3 Å². The van der Waals surface area contributed by atoms with Gasteiger partial charge >= 0.3 is 5.97 Å². The van der Waals surface area contributed by atoms with Crippen LogP contribution in [-0.4, -0.2) is 23.0 Å². The fraction of sp³-hybridized carbons (Fsp3) is 0.619. The second-order valence-electron chi connectivity index (χ2n) is 9.05. The largest absolute Gasteiger partial charge is 0.481 e. The van der Waals surface area contributed by atoms with Crippen molar-refractivity contribution in [1.29, 1.82) is 0 Å². The third-order valence-electron chi connectivity index (χ3n) is 7.09. The van der Waals surface area contributed by atoms with Gasteiger partial charge in [0.2, 0.25) is 5.91 Å². The molecular weight excluding hydrogens is 314 g/mol. The Morgan fingerprint density at radius 3 is 2.24 bits per heavy atom. The second kappa shape index (κ2) is 5.58. The molecule has 1 aromatic carbocycles. The van der Waals surface area contributed by atoms with Gasteiger partial charge in [0.05, 0.1) is 10.8 Å². The molecule has 1 aromatic rings. The number of nitrogens with one attached hydrogen (secondary N) is 1. The van der Waals surface area contributed by atoms with Crippen molar-refractivity contribution < 1.29 is 14.7 Å². The van der Waals surface area contributed by atoms with Gasteiger partial charge in [-0.3, -0.25) is 9.59 Å². The molecule has 0 aromatic heterocycles. The molecule has 0 heterocycles. The Morgan fingerprint density at radius 2 is 1.68 bits per heavy atom. The zero-order chi connectivity index (χ0) is 17.8. The summed E-state index contributed by atoms with van der Waals surface area (Å²) >= 11 is 0. The maximum absolute atomic E-state index is 13.0. The summed E-state index contributed by atoms with van der Waals surface area (Å²) in [7, 11) is 0. The summed E-state index contributed by atoms with van der Waals surface area (Å²) in [6.07, 6.45) is 4.44. The third-order valence-corrected chi connectivity index (χ3v) is 7.09. The number of hydrogen-bond donors (Lipinski definition) is 2. The van der Waals surface area contributed by atoms with Crippen LogP contribution >= 0.6 is 0 Å². The zero-order valence-electron chi connectivity index (χ0n) is 15.0. The Bertz CT molecular complexity index is 680. The highest BCUT2D eigenvalue weighted by Gasteiger charge is 2.59. The van der Waals surface area contributed by atoms with Crippen LogP contribution in [0.25, 0.3) is 0 Å². The van der Waals surface area contributed by atoms with Gasteiger partial charge in [-0.2, -0.15) is 0 Å². The van der Waals surface area contributed by atoms with Gasteiger partial charge < -0.3 is 10.4 Å². The summed E-state index contributed by atoms with van der Waals surface area (Å²) < 4.78 is 0. The summed E-state index contributed by atoms with van der Waals surface area (Å²) in [5.74, 6) is 0.599. The summed E-state index contributed by atoms with van der Waals surface area (Å²) in [4.78, 5) is 24.9. The lowest BCUT2D eigenvalue weighted by molar-refractivity contribution is -0.168. The van der Waals surface area contributed by atoms with E-state index in [2.05, 4.69) is 5.32 Å². The molecule has 134 valence electrons. The standard InChI is InChI=1S/C21H27NO3/c1-20(2,16-6-4-3-5-7-16)18(23)22-17-14-8-13-9-15(17)12-21(10-13,11-14)19(24)25/h3-7,13-15,17H,8-12H2,1-2H3,(H,22,23)(H,24,25)/t13?,14-,15+,17?,21?. The first-order valence-corrected chi connectivity index (χ1v) is 9.42. The van der Waals surface area contributed by atoms with E-state index in [1.54, 1.807) is 0 Å². The molecule has 0 saturated heterocycles. The topological polar surface area (TPSA) is 66.4 Å². The van der Waals surface area contributed by atoms with Crippen LogP contribution in [0.3, 0.4) is 0 Å². The number of hydrogen-bond acceptors (Lipinski definition) is 2. The average Bonchev–Trinajstić information content (AvgIpc) is 2.58. The molecule has 5 atom stereocenters. The number of benzene rings is 1. The van der Waals surface area contributed by atoms with Crippen molar-refractivity contribution in [2.24, 2.45) is 23.2 Å². The lowest BCUT2D eigenvalue weighted by atomic mass is 9.48. The lowest BCUT2D eigenvalue weighted by Crippen LogP contribution is -2.62. The first kappa shape index (κ1) is 16.6. The number of carboxylic acid groups (broad SMARTS) is 1. The number of amides is 1. The highest BCUT2D eigenvalue weighted by molar-refractivity contribution is 5.87. The molecule has 1 amide bonds. The van der Waals surface area contributed by atoms with Crippen LogP contribution in [0.5, 0.6) is 0 Å². The Morgan fingerprint density at radius 1 is 1.08 bits per heavy atom. The summed E-state index contributed by atoms with van der Waals surface area (Å²) in [5.41, 5.74) is -0.0917. The smallest absolute Gasteiger partial charge is 0.309 e. The number of aliphatic carboxylic acids is 1. The zero-order valence-corrected chi connectivity index (χ0v) is 15.0. The molecule has 4 bridgehead atoms. The molecule has 5 rings (SSSR count). The Hall–Kier alpha value is -1.84. The van der Waals surface area contributed by atoms with Crippen molar-refractivity contribution >= 4 is 11.9 Å². The Labute approximate surface area is 149 Å². The number of carbonyl (C=O) groups excluding carboxylic acids is 1. The minimum absolute atomic E-state index is 0.0561. The molecule has 0 radical (unpaired) electrons. The summed E-state index contributed by atoms with van der Waals surface area (Å²) in [6, 6.07) is 10.0. The van der Waals surface area contributed by atoms with Crippen molar-refractivity contribution in [2.45, 2.75) is 57.4 Å². The molecular formula is C21H27NO3. The van der Waals surface area contributed by atoms with E-state index in [0.29, 0.717) is 17.8 Å². The number of rotatable bonds is 4. The van der Waals surface area contributed by atoms with Crippen LogP contribution in [0.4, 0.5) is 0 Å². The normalized spacial score (nSPS) is 36.2. The van der Waals surface area contributed by atoms with Gasteiger partial charge in [-0.25, -0.2) is 0 Å². The molecule has 0 aliphatic heterocycles. The Balaban J connectivity index is 1.53. The van der Waals surface area contributed by atoms with E-state index in [1.807, 2.05) is 44.2 Å². The van der Waals surface area contributed by atoms with E-state index in [0.717, 1.165) is 37.7 Å². The van der Waals surface area contributed by atoms with Crippen LogP contribution in [0.15, 0.2) is 30.3 Å². The number of carbonyl (C=O) groups is 2. The summed E-state index contributed by atoms with van der Waals surface area (Å²) in [6.45, 7) is 3.93. The molecule has 4 fully saturated rings. The van der Waals surface area contributed by atoms with Gasteiger partial charge in [-0.05, 0) is 69.3 Å². The van der Waals surface area contributed by atoms with E-state index < -0.39 is 16.8 Å². The Kier molecular flexibility index (Phi) is 3.71. The lowest BCUT2D eigenvalue weighted by Gasteiger charge is -2.58. The van der Waals surface area contributed by atoms with Crippen molar-refractivity contribution in [3.8, 4) is 0 Å². The fourth-order valence-electron chi connectivity index (χ4n) is 5.84. The molecule has 0 spiro atoms. The van der Waals surface area contributed by atoms with Crippen LogP contribution in [-0.2, 0) is 15.0 Å². The third kappa shape index (κ3) is 2.57. The molecule has 25 heavy (non-hydrogen) atoms. The average molecular weight is 341 g/mol. The van der Waals surface area contributed by atoms with E-state index >= 15 is 0 Å². The van der Waals surface area contributed by atoms with Crippen LogP contribution in [0, 0.1) is 23.2 Å². The van der Waals surface area contributed by atoms with Crippen molar-refractivity contribution in [3.63, 3.8) is 0 Å². The van der Waals surface area contributed by atoms with E-state index in [9.17, 15) is 14.7 Å². The first-order valence-electron chi connectivity index (χ1n) is 9.42. The van der Waals surface area contributed by atoms with Gasteiger partial charge in [-0.15, -0.1) is 0 Å². The fourth-order valence-corrected chi connectivity index (χ4v) is 5.84. The predicted molar refractivity (Wildman–Crippen MR) is 95.0 cm³/mol. The molecule has 2 N–H and O–H groups in total. The summed E-state index contributed by atoms with van der Waals surface area (Å²) in [5, 5.41) is 13.1. The maximum Gasteiger partial charge on any atom is 0.309 e. The highest BCUT2D eigenvalue weighted by Crippen LogP contribution is 2.60. The van der Waals surface area contributed by atoms with Gasteiger partial charge in [0.25, 0.3) is 0 Å². The first-order chi connectivity index (χ1) is 11.8. The van der Waals surface area contributed by atoms with E-state index in [-0.39, 0.29) is 11.9 Å². The van der Waals surface area contributed by atoms with Crippen molar-refractivity contribution in [1.82, 2.24) is 5.32 Å². The van der Waals surface area contributed by atoms with E-state index in [4.69, 9.17) is 0 Å². The SMILES string of the molecule is CC(C)(C(=O)NC1[C@@H]2CC3C[C@H]1CC(C(=O)O)(C3)C2)c1ccccc1. The minimum atomic E-state index is -0.624. The van der Waals surface area contributed by atoms with Crippen LogP contribution in [0.1, 0.15) is 51.5 Å². The molecule has 4 aliphatic carbocycles. The number of carboxylic acids is 1. The molecule has 3 unspecified atom stereocenters. The van der Waals surface area contributed by atoms with Gasteiger partial charge in [0, 0.05) is 6.04 Å². The van der Waals surface area contributed by atoms with Crippen LogP contribution in [0.2, 0.25) is 0 Å². The predicted octanol–water partition coefficient (Wildman–Crippen LogP) is 3.36. The van der Waals surface area contributed by atoms with Crippen molar-refractivity contribution in [3.05, 3.63) is 35.9 Å². The van der Waals surface area contributed by atoms with Gasteiger partial charge in [0.15, 0.2) is 0 Å². The second-order valence-corrected chi connectivity index (χ2v) is 9.05. The monoisotopic (exact) mass is 341 g/mol. The molecule has 4 saturated carbocycles. The quantitative estimate of drug-likeness (QED) is 0.882. The van der Waals surface area contributed by atoms with Crippen molar-refractivity contribution in [2.75, 3.05) is 0 Å². The van der Waals surface area contributed by atoms with Gasteiger partial charge in [0.1, 0.15) is 0 Å². The molecule has 4 heteroatoms. The molecule has 4 aliphatic rings. The minimum Gasteiger partial charge on any atom is -0.481 e.